The van der Waals surface area contributed by atoms with E-state index in [1.807, 2.05) is 0 Å². The molecule has 2 rings (SSSR count). The van der Waals surface area contributed by atoms with E-state index in [0.717, 1.165) is 42.5 Å². The van der Waals surface area contributed by atoms with Crippen molar-refractivity contribution >= 4 is 17.5 Å². The van der Waals surface area contributed by atoms with Gasteiger partial charge in [0.25, 0.3) is 5.91 Å². The number of hydrogen-bond acceptors (Lipinski definition) is 2. The van der Waals surface area contributed by atoms with Gasteiger partial charge in [0.15, 0.2) is 6.54 Å². The smallest absolute Gasteiger partial charge is 0.279 e. The highest BCUT2D eigenvalue weighted by molar-refractivity contribution is 5.91. The summed E-state index contributed by atoms with van der Waals surface area (Å²) in [7, 11) is 0. The van der Waals surface area contributed by atoms with Gasteiger partial charge in [-0.15, -0.1) is 0 Å². The van der Waals surface area contributed by atoms with E-state index in [1.54, 1.807) is 0 Å². The summed E-state index contributed by atoms with van der Waals surface area (Å²) in [4.78, 5) is 24.0. The topological polar surface area (TPSA) is 76.6 Å². The highest BCUT2D eigenvalue weighted by Crippen LogP contribution is 2.14. The predicted molar refractivity (Wildman–Crippen MR) is 72.5 cm³/mol. The van der Waals surface area contributed by atoms with Crippen molar-refractivity contribution in [2.24, 2.45) is 11.7 Å². The van der Waals surface area contributed by atoms with Crippen LogP contribution in [0, 0.1) is 17.6 Å². The third kappa shape index (κ3) is 4.22. The predicted octanol–water partition coefficient (Wildman–Crippen LogP) is -0.316. The Hall–Kier alpha value is -2.02. The maximum absolute atomic E-state index is 13.4. The van der Waals surface area contributed by atoms with Crippen molar-refractivity contribution in [3.05, 3.63) is 29.8 Å². The minimum Gasteiger partial charge on any atom is -0.369 e. The number of amides is 2. The SMILES string of the molecule is NC(=O)[C@@H]1CCC[NH+](CC(=O)Nc2cc(F)ccc2F)C1. The van der Waals surface area contributed by atoms with Gasteiger partial charge in [0, 0.05) is 6.07 Å². The molecule has 0 spiro atoms. The average molecular weight is 298 g/mol. The van der Waals surface area contributed by atoms with Gasteiger partial charge in [0.05, 0.1) is 24.7 Å². The summed E-state index contributed by atoms with van der Waals surface area (Å²) in [5, 5.41) is 2.35. The monoisotopic (exact) mass is 298 g/mol. The van der Waals surface area contributed by atoms with E-state index < -0.39 is 17.5 Å². The van der Waals surface area contributed by atoms with Crippen LogP contribution in [0.1, 0.15) is 12.8 Å². The number of nitrogens with two attached hydrogens (primary N) is 1. The molecule has 1 aliphatic rings. The van der Waals surface area contributed by atoms with Crippen LogP contribution < -0.4 is 16.0 Å². The Bertz CT molecular complexity index is 551. The average Bonchev–Trinajstić information content (AvgIpc) is 2.43. The summed E-state index contributed by atoms with van der Waals surface area (Å²) in [6.07, 6.45) is 1.55. The van der Waals surface area contributed by atoms with Crippen molar-refractivity contribution in [1.29, 1.82) is 0 Å². The van der Waals surface area contributed by atoms with E-state index in [0.29, 0.717) is 6.54 Å². The summed E-state index contributed by atoms with van der Waals surface area (Å²) in [5.41, 5.74) is 5.10. The quantitative estimate of drug-likeness (QED) is 0.713. The lowest BCUT2D eigenvalue weighted by Gasteiger charge is -2.27. The van der Waals surface area contributed by atoms with Crippen LogP contribution in [0.4, 0.5) is 14.5 Å². The lowest BCUT2D eigenvalue weighted by molar-refractivity contribution is -0.899. The zero-order chi connectivity index (χ0) is 15.4. The highest BCUT2D eigenvalue weighted by Gasteiger charge is 2.28. The molecule has 0 aromatic heterocycles. The largest absolute Gasteiger partial charge is 0.369 e. The first kappa shape index (κ1) is 15.4. The van der Waals surface area contributed by atoms with Crippen molar-refractivity contribution in [1.82, 2.24) is 0 Å². The lowest BCUT2D eigenvalue weighted by atomic mass is 9.97. The van der Waals surface area contributed by atoms with Crippen LogP contribution in [0.15, 0.2) is 18.2 Å². The molecule has 1 fully saturated rings. The van der Waals surface area contributed by atoms with Crippen LogP contribution in [0.3, 0.4) is 0 Å². The number of likely N-dealkylation sites (tertiary alicyclic amines) is 1. The fourth-order valence-corrected chi connectivity index (χ4v) is 2.57. The van der Waals surface area contributed by atoms with E-state index in [-0.39, 0.29) is 24.1 Å². The molecule has 1 aromatic carbocycles. The first-order valence-corrected chi connectivity index (χ1v) is 6.83. The number of carbonyl (C=O) groups is 2. The van der Waals surface area contributed by atoms with Gasteiger partial charge in [0.2, 0.25) is 5.91 Å². The minimum absolute atomic E-state index is 0.0970. The zero-order valence-corrected chi connectivity index (χ0v) is 11.5. The molecule has 0 aliphatic carbocycles. The molecule has 0 saturated carbocycles. The molecular formula is C14H18F2N3O2+. The van der Waals surface area contributed by atoms with Crippen LogP contribution >= 0.6 is 0 Å². The maximum Gasteiger partial charge on any atom is 0.279 e. The van der Waals surface area contributed by atoms with Crippen LogP contribution in [-0.4, -0.2) is 31.4 Å². The van der Waals surface area contributed by atoms with Gasteiger partial charge in [-0.25, -0.2) is 8.78 Å². The number of primary amides is 1. The number of benzene rings is 1. The molecule has 1 aliphatic heterocycles. The van der Waals surface area contributed by atoms with Gasteiger partial charge in [-0.3, -0.25) is 9.59 Å². The summed E-state index contributed by atoms with van der Waals surface area (Å²) in [5.74, 6) is -2.31. The zero-order valence-electron chi connectivity index (χ0n) is 11.5. The molecule has 1 heterocycles. The second kappa shape index (κ2) is 6.62. The maximum atomic E-state index is 13.4. The molecule has 1 unspecified atom stereocenters. The fraction of sp³-hybridized carbons (Fsp3) is 0.429. The van der Waals surface area contributed by atoms with Gasteiger partial charge >= 0.3 is 0 Å². The summed E-state index contributed by atoms with van der Waals surface area (Å²) in [6, 6.07) is 2.88. The number of hydrogen-bond donors (Lipinski definition) is 3. The molecule has 21 heavy (non-hydrogen) atoms. The van der Waals surface area contributed by atoms with Gasteiger partial charge in [-0.2, -0.15) is 0 Å². The Kier molecular flexibility index (Phi) is 4.85. The first-order valence-electron chi connectivity index (χ1n) is 6.83. The van der Waals surface area contributed by atoms with E-state index in [2.05, 4.69) is 5.32 Å². The molecular weight excluding hydrogens is 280 g/mol. The third-order valence-electron chi connectivity index (χ3n) is 3.63. The third-order valence-corrected chi connectivity index (χ3v) is 3.63. The Morgan fingerprint density at radius 3 is 2.86 bits per heavy atom. The molecule has 2 atom stereocenters. The second-order valence-corrected chi connectivity index (χ2v) is 5.29. The molecule has 114 valence electrons. The molecule has 0 bridgehead atoms. The molecule has 5 nitrogen and oxygen atoms in total. The minimum atomic E-state index is -0.687. The van der Waals surface area contributed by atoms with Crippen LogP contribution in [-0.2, 0) is 9.59 Å². The highest BCUT2D eigenvalue weighted by atomic mass is 19.1. The number of rotatable bonds is 4. The van der Waals surface area contributed by atoms with Crippen molar-refractivity contribution in [3.8, 4) is 0 Å². The van der Waals surface area contributed by atoms with Crippen LogP contribution in [0.5, 0.6) is 0 Å². The number of nitrogens with one attached hydrogen (secondary N) is 2. The first-order chi connectivity index (χ1) is 9.95. The van der Waals surface area contributed by atoms with Gasteiger partial charge in [-0.1, -0.05) is 0 Å². The van der Waals surface area contributed by atoms with Crippen molar-refractivity contribution in [3.63, 3.8) is 0 Å². The standard InChI is InChI=1S/C14H17F2N3O2/c15-10-3-4-11(16)12(6-10)18-13(20)8-19-5-1-2-9(7-19)14(17)21/h3-4,6,9H,1-2,5,7-8H2,(H2,17,21)(H,18,20)/p+1/t9-/m1/s1. The number of anilines is 1. The lowest BCUT2D eigenvalue weighted by Crippen LogP contribution is -3.14. The number of carbonyl (C=O) groups excluding carboxylic acids is 2. The fourth-order valence-electron chi connectivity index (χ4n) is 2.57. The van der Waals surface area contributed by atoms with E-state index in [9.17, 15) is 18.4 Å². The second-order valence-electron chi connectivity index (χ2n) is 5.29. The van der Waals surface area contributed by atoms with Gasteiger partial charge in [-0.05, 0) is 25.0 Å². The summed E-state index contributed by atoms with van der Waals surface area (Å²) >= 11 is 0. The number of halogens is 2. The molecule has 1 saturated heterocycles. The molecule has 0 radical (unpaired) electrons. The van der Waals surface area contributed by atoms with Crippen LogP contribution in [0.2, 0.25) is 0 Å². The number of quaternary nitrogens is 1. The Morgan fingerprint density at radius 2 is 2.14 bits per heavy atom. The molecule has 1 aromatic rings. The summed E-state index contributed by atoms with van der Waals surface area (Å²) < 4.78 is 26.4. The van der Waals surface area contributed by atoms with Crippen molar-refractivity contribution in [2.75, 3.05) is 25.0 Å². The van der Waals surface area contributed by atoms with Crippen molar-refractivity contribution in [2.45, 2.75) is 12.8 Å². The molecule has 2 amide bonds. The normalized spacial score (nSPS) is 21.8. The van der Waals surface area contributed by atoms with Crippen LogP contribution in [0.25, 0.3) is 0 Å². The molecule has 7 heteroatoms. The Labute approximate surface area is 121 Å². The van der Waals surface area contributed by atoms with Crippen molar-refractivity contribution < 1.29 is 23.3 Å². The van der Waals surface area contributed by atoms with E-state index >= 15 is 0 Å². The summed E-state index contributed by atoms with van der Waals surface area (Å²) in [6.45, 7) is 1.34. The number of piperidine rings is 1. The molecule has 4 N–H and O–H groups in total. The van der Waals surface area contributed by atoms with Gasteiger partial charge in [0.1, 0.15) is 11.6 Å². The van der Waals surface area contributed by atoms with E-state index in [1.165, 1.54) is 0 Å². The Balaban J connectivity index is 1.92. The Morgan fingerprint density at radius 1 is 1.38 bits per heavy atom. The van der Waals surface area contributed by atoms with Gasteiger partial charge < -0.3 is 16.0 Å². The van der Waals surface area contributed by atoms with E-state index in [4.69, 9.17) is 5.73 Å².